The molecule has 2 heterocycles. The standard InChI is InChI=1S/C15H31N3O/c1-12(2)16-9-14(19)11-18-8-6-15-13(10-18)5-4-7-17(15)3/h12-16,19H,4-11H2,1-3H3. The fourth-order valence-electron chi connectivity index (χ4n) is 3.63. The molecule has 0 aromatic carbocycles. The number of nitrogens with zero attached hydrogens (tertiary/aromatic N) is 2. The van der Waals surface area contributed by atoms with Crippen LogP contribution in [-0.4, -0.2) is 72.9 Å². The molecule has 112 valence electrons. The van der Waals surface area contributed by atoms with Crippen molar-refractivity contribution >= 4 is 0 Å². The normalized spacial score (nSPS) is 31.4. The topological polar surface area (TPSA) is 38.7 Å². The first kappa shape index (κ1) is 15.2. The van der Waals surface area contributed by atoms with Crippen LogP contribution in [0.15, 0.2) is 0 Å². The van der Waals surface area contributed by atoms with E-state index in [2.05, 4.69) is 36.0 Å². The number of piperidine rings is 2. The van der Waals surface area contributed by atoms with Crippen LogP contribution in [-0.2, 0) is 0 Å². The highest BCUT2D eigenvalue weighted by molar-refractivity contribution is 4.89. The number of rotatable bonds is 5. The van der Waals surface area contributed by atoms with Crippen LogP contribution in [0, 0.1) is 5.92 Å². The number of nitrogens with one attached hydrogen (secondary N) is 1. The Hall–Kier alpha value is -0.160. The van der Waals surface area contributed by atoms with Crippen molar-refractivity contribution in [2.45, 2.75) is 51.3 Å². The average Bonchev–Trinajstić information content (AvgIpc) is 2.36. The third kappa shape index (κ3) is 4.42. The van der Waals surface area contributed by atoms with E-state index in [1.807, 2.05) is 0 Å². The van der Waals surface area contributed by atoms with Crippen LogP contribution in [0.5, 0.6) is 0 Å². The van der Waals surface area contributed by atoms with Crippen molar-refractivity contribution in [2.24, 2.45) is 5.92 Å². The minimum atomic E-state index is -0.236. The van der Waals surface area contributed by atoms with Crippen LogP contribution in [0.1, 0.15) is 33.1 Å². The minimum absolute atomic E-state index is 0.236. The number of likely N-dealkylation sites (tertiary alicyclic amines) is 2. The van der Waals surface area contributed by atoms with Gasteiger partial charge in [0.25, 0.3) is 0 Å². The Morgan fingerprint density at radius 3 is 2.79 bits per heavy atom. The van der Waals surface area contributed by atoms with Crippen molar-refractivity contribution in [3.05, 3.63) is 0 Å². The van der Waals surface area contributed by atoms with E-state index in [1.165, 1.54) is 32.4 Å². The summed E-state index contributed by atoms with van der Waals surface area (Å²) in [6.45, 7) is 9.36. The zero-order valence-corrected chi connectivity index (χ0v) is 12.8. The SMILES string of the molecule is CC(C)NCC(O)CN1CCC2C(CCCN2C)C1. The zero-order chi connectivity index (χ0) is 13.8. The third-order valence-electron chi connectivity index (χ3n) is 4.66. The molecule has 3 atom stereocenters. The third-order valence-corrected chi connectivity index (χ3v) is 4.66. The lowest BCUT2D eigenvalue weighted by Gasteiger charge is -2.46. The molecule has 2 rings (SSSR count). The molecule has 2 aliphatic rings. The predicted octanol–water partition coefficient (Wildman–Crippen LogP) is 0.761. The molecular formula is C15H31N3O. The highest BCUT2D eigenvalue weighted by Crippen LogP contribution is 2.29. The lowest BCUT2D eigenvalue weighted by molar-refractivity contribution is 0.0177. The van der Waals surface area contributed by atoms with Gasteiger partial charge in [-0.05, 0) is 45.3 Å². The summed E-state index contributed by atoms with van der Waals surface area (Å²) < 4.78 is 0. The Labute approximate surface area is 118 Å². The number of aliphatic hydroxyl groups is 1. The van der Waals surface area contributed by atoms with Gasteiger partial charge in [-0.2, -0.15) is 0 Å². The Kier molecular flexibility index (Phi) is 5.63. The predicted molar refractivity (Wildman–Crippen MR) is 79.3 cm³/mol. The van der Waals surface area contributed by atoms with Crippen LogP contribution >= 0.6 is 0 Å². The Morgan fingerprint density at radius 2 is 2.05 bits per heavy atom. The van der Waals surface area contributed by atoms with E-state index in [1.54, 1.807) is 0 Å². The van der Waals surface area contributed by atoms with E-state index in [0.29, 0.717) is 12.6 Å². The Morgan fingerprint density at radius 1 is 1.26 bits per heavy atom. The summed E-state index contributed by atoms with van der Waals surface area (Å²) in [7, 11) is 2.27. The van der Waals surface area contributed by atoms with E-state index in [4.69, 9.17) is 0 Å². The van der Waals surface area contributed by atoms with E-state index >= 15 is 0 Å². The molecule has 2 N–H and O–H groups in total. The molecule has 0 amide bonds. The lowest BCUT2D eigenvalue weighted by Crippen LogP contribution is -2.54. The molecule has 2 saturated heterocycles. The van der Waals surface area contributed by atoms with Gasteiger partial charge in [0, 0.05) is 31.7 Å². The van der Waals surface area contributed by atoms with E-state index < -0.39 is 0 Å². The van der Waals surface area contributed by atoms with Gasteiger partial charge in [0.15, 0.2) is 0 Å². The largest absolute Gasteiger partial charge is 0.390 e. The maximum atomic E-state index is 10.1. The Bertz CT molecular complexity index is 272. The Balaban J connectivity index is 1.74. The number of hydrogen-bond acceptors (Lipinski definition) is 4. The molecule has 0 aromatic heterocycles. The van der Waals surface area contributed by atoms with Crippen molar-refractivity contribution in [1.82, 2.24) is 15.1 Å². The van der Waals surface area contributed by atoms with Crippen LogP contribution < -0.4 is 5.32 Å². The van der Waals surface area contributed by atoms with E-state index in [-0.39, 0.29) is 6.10 Å². The molecule has 4 nitrogen and oxygen atoms in total. The van der Waals surface area contributed by atoms with Gasteiger partial charge in [0.2, 0.25) is 0 Å². The van der Waals surface area contributed by atoms with E-state index in [9.17, 15) is 5.11 Å². The van der Waals surface area contributed by atoms with Gasteiger partial charge in [-0.3, -0.25) is 0 Å². The van der Waals surface area contributed by atoms with E-state index in [0.717, 1.165) is 25.0 Å². The van der Waals surface area contributed by atoms with Crippen molar-refractivity contribution in [2.75, 3.05) is 39.8 Å². The van der Waals surface area contributed by atoms with Crippen molar-refractivity contribution in [1.29, 1.82) is 0 Å². The molecule has 0 spiro atoms. The van der Waals surface area contributed by atoms with Gasteiger partial charge in [0.05, 0.1) is 6.10 Å². The van der Waals surface area contributed by atoms with Gasteiger partial charge in [-0.1, -0.05) is 13.8 Å². The first-order valence-electron chi connectivity index (χ1n) is 7.90. The fourth-order valence-corrected chi connectivity index (χ4v) is 3.63. The maximum Gasteiger partial charge on any atom is 0.0791 e. The molecule has 0 saturated carbocycles. The van der Waals surface area contributed by atoms with Crippen LogP contribution in [0.4, 0.5) is 0 Å². The second-order valence-corrected chi connectivity index (χ2v) is 6.72. The summed E-state index contributed by atoms with van der Waals surface area (Å²) in [6.07, 6.45) is 3.74. The van der Waals surface area contributed by atoms with Crippen molar-refractivity contribution in [3.63, 3.8) is 0 Å². The van der Waals surface area contributed by atoms with Crippen LogP contribution in [0.2, 0.25) is 0 Å². The van der Waals surface area contributed by atoms with Gasteiger partial charge in [0.1, 0.15) is 0 Å². The number of fused-ring (bicyclic) bond motifs is 1. The summed E-state index contributed by atoms with van der Waals surface area (Å²) in [5, 5.41) is 13.4. The minimum Gasteiger partial charge on any atom is -0.390 e. The van der Waals surface area contributed by atoms with Gasteiger partial charge >= 0.3 is 0 Å². The summed E-state index contributed by atoms with van der Waals surface area (Å²) in [5.41, 5.74) is 0. The monoisotopic (exact) mass is 269 g/mol. The molecule has 0 aromatic rings. The molecule has 2 aliphatic heterocycles. The zero-order valence-electron chi connectivity index (χ0n) is 12.8. The summed E-state index contributed by atoms with van der Waals surface area (Å²) in [6, 6.07) is 1.24. The van der Waals surface area contributed by atoms with Gasteiger partial charge in [-0.25, -0.2) is 0 Å². The highest BCUT2D eigenvalue weighted by Gasteiger charge is 2.34. The van der Waals surface area contributed by atoms with Crippen molar-refractivity contribution in [3.8, 4) is 0 Å². The average molecular weight is 269 g/mol. The number of hydrogen-bond donors (Lipinski definition) is 2. The number of β-amino-alcohol motifs (C(OH)–C–C–N with tert-alkyl or cyclic N) is 1. The smallest absolute Gasteiger partial charge is 0.0791 e. The molecular weight excluding hydrogens is 238 g/mol. The second kappa shape index (κ2) is 7.02. The molecule has 3 unspecified atom stereocenters. The highest BCUT2D eigenvalue weighted by atomic mass is 16.3. The molecule has 4 heteroatoms. The summed E-state index contributed by atoms with van der Waals surface area (Å²) in [4.78, 5) is 5.01. The molecule has 0 radical (unpaired) electrons. The number of aliphatic hydroxyl groups excluding tert-OH is 1. The molecule has 2 fully saturated rings. The van der Waals surface area contributed by atoms with Gasteiger partial charge < -0.3 is 20.2 Å². The van der Waals surface area contributed by atoms with Gasteiger partial charge in [-0.15, -0.1) is 0 Å². The first-order chi connectivity index (χ1) is 9.06. The molecule has 0 bridgehead atoms. The lowest BCUT2D eigenvalue weighted by atomic mass is 9.84. The quantitative estimate of drug-likeness (QED) is 0.773. The first-order valence-corrected chi connectivity index (χ1v) is 7.90. The fraction of sp³-hybridized carbons (Fsp3) is 1.00. The van der Waals surface area contributed by atoms with Crippen LogP contribution in [0.25, 0.3) is 0 Å². The second-order valence-electron chi connectivity index (χ2n) is 6.72. The summed E-state index contributed by atoms with van der Waals surface area (Å²) >= 11 is 0. The molecule has 0 aliphatic carbocycles. The summed E-state index contributed by atoms with van der Waals surface area (Å²) in [5.74, 6) is 0.817. The molecule has 19 heavy (non-hydrogen) atoms. The van der Waals surface area contributed by atoms with Crippen molar-refractivity contribution < 1.29 is 5.11 Å². The van der Waals surface area contributed by atoms with Crippen LogP contribution in [0.3, 0.4) is 0 Å². The maximum absolute atomic E-state index is 10.1.